The van der Waals surface area contributed by atoms with Crippen LogP contribution in [0.1, 0.15) is 19.4 Å². The zero-order valence-corrected chi connectivity index (χ0v) is 8.57. The van der Waals surface area contributed by atoms with E-state index in [4.69, 9.17) is 0 Å². The van der Waals surface area contributed by atoms with Crippen LogP contribution in [0.3, 0.4) is 0 Å². The second-order valence-corrected chi connectivity index (χ2v) is 2.87. The predicted octanol–water partition coefficient (Wildman–Crippen LogP) is 2.98. The molecule has 0 N–H and O–H groups in total. The number of pyridine rings is 1. The van der Waals surface area contributed by atoms with Gasteiger partial charge in [-0.1, -0.05) is 12.7 Å². The highest BCUT2D eigenvalue weighted by Gasteiger charge is 1.97. The second kappa shape index (κ2) is 5.12. The largest absolute Gasteiger partial charge is 0.264 e. The van der Waals surface area contributed by atoms with Crippen LogP contribution in [0.5, 0.6) is 0 Å². The number of nitrogens with zero attached hydrogens (tertiary/aromatic N) is 2. The van der Waals surface area contributed by atoms with Crippen LogP contribution in [-0.2, 0) is 0 Å². The number of aliphatic imine (C=N–C) groups is 1. The number of rotatable bonds is 3. The van der Waals surface area contributed by atoms with Gasteiger partial charge in [-0.3, -0.25) is 9.98 Å². The SMILES string of the molecule is C=CC(=N/C(C)=C\C)c1cccnc1. The van der Waals surface area contributed by atoms with Gasteiger partial charge in [0.2, 0.25) is 0 Å². The van der Waals surface area contributed by atoms with E-state index in [2.05, 4.69) is 16.6 Å². The van der Waals surface area contributed by atoms with Gasteiger partial charge in [0.1, 0.15) is 0 Å². The standard InChI is InChI=1S/C12H14N2/c1-4-10(3)14-12(5-2)11-7-6-8-13-9-11/h4-9H,2H2,1,3H3/b10-4-,14-12?. The molecule has 2 heteroatoms. The molecule has 0 saturated heterocycles. The molecule has 0 aromatic carbocycles. The van der Waals surface area contributed by atoms with E-state index in [1.807, 2.05) is 32.1 Å². The summed E-state index contributed by atoms with van der Waals surface area (Å²) in [6.45, 7) is 7.66. The van der Waals surface area contributed by atoms with Crippen molar-refractivity contribution in [3.63, 3.8) is 0 Å². The maximum atomic E-state index is 4.40. The first-order valence-corrected chi connectivity index (χ1v) is 4.52. The quantitative estimate of drug-likeness (QED) is 0.666. The molecule has 14 heavy (non-hydrogen) atoms. The number of allylic oxidation sites excluding steroid dienone is 3. The highest BCUT2D eigenvalue weighted by molar-refractivity contribution is 6.08. The van der Waals surface area contributed by atoms with Crippen LogP contribution in [0.2, 0.25) is 0 Å². The van der Waals surface area contributed by atoms with Crippen molar-refractivity contribution < 1.29 is 0 Å². The Balaban J connectivity index is 3.05. The summed E-state index contributed by atoms with van der Waals surface area (Å²) >= 11 is 0. The summed E-state index contributed by atoms with van der Waals surface area (Å²) in [5, 5.41) is 0. The molecule has 0 saturated carbocycles. The molecule has 0 fully saturated rings. The first-order chi connectivity index (χ1) is 6.77. The normalized spacial score (nSPS) is 12.7. The van der Waals surface area contributed by atoms with Crippen LogP contribution in [0.25, 0.3) is 0 Å². The lowest BCUT2D eigenvalue weighted by Gasteiger charge is -2.00. The van der Waals surface area contributed by atoms with Gasteiger partial charge < -0.3 is 0 Å². The lowest BCUT2D eigenvalue weighted by Crippen LogP contribution is -1.96. The Hall–Kier alpha value is -1.70. The molecule has 0 amide bonds. The molecule has 0 unspecified atom stereocenters. The first kappa shape index (κ1) is 10.4. The second-order valence-electron chi connectivity index (χ2n) is 2.87. The van der Waals surface area contributed by atoms with E-state index in [-0.39, 0.29) is 0 Å². The van der Waals surface area contributed by atoms with Gasteiger partial charge in [-0.05, 0) is 32.1 Å². The van der Waals surface area contributed by atoms with Crippen LogP contribution < -0.4 is 0 Å². The molecule has 1 aromatic rings. The fourth-order valence-electron chi connectivity index (χ4n) is 0.997. The Morgan fingerprint density at radius 1 is 1.57 bits per heavy atom. The molecule has 0 aliphatic carbocycles. The van der Waals surface area contributed by atoms with Crippen molar-refractivity contribution >= 4 is 5.71 Å². The van der Waals surface area contributed by atoms with E-state index in [1.165, 1.54) is 0 Å². The third-order valence-electron chi connectivity index (χ3n) is 1.87. The summed E-state index contributed by atoms with van der Waals surface area (Å²) < 4.78 is 0. The van der Waals surface area contributed by atoms with Crippen LogP contribution in [0.4, 0.5) is 0 Å². The summed E-state index contributed by atoms with van der Waals surface area (Å²) in [6.07, 6.45) is 7.22. The van der Waals surface area contributed by atoms with E-state index >= 15 is 0 Å². The molecule has 2 nitrogen and oxygen atoms in total. The Kier molecular flexibility index (Phi) is 3.80. The highest BCUT2D eigenvalue weighted by Crippen LogP contribution is 2.04. The van der Waals surface area contributed by atoms with Crippen molar-refractivity contribution in [1.29, 1.82) is 0 Å². The molecule has 1 aromatic heterocycles. The fraction of sp³-hybridized carbons (Fsp3) is 0.167. The Morgan fingerprint density at radius 2 is 2.36 bits per heavy atom. The molecular weight excluding hydrogens is 172 g/mol. The molecule has 0 atom stereocenters. The fourth-order valence-corrected chi connectivity index (χ4v) is 0.997. The van der Waals surface area contributed by atoms with Gasteiger partial charge in [0.05, 0.1) is 5.71 Å². The zero-order valence-electron chi connectivity index (χ0n) is 8.57. The average molecular weight is 186 g/mol. The molecule has 0 spiro atoms. The molecule has 0 aliphatic rings. The molecule has 72 valence electrons. The van der Waals surface area contributed by atoms with Gasteiger partial charge in [0.15, 0.2) is 0 Å². The molecule has 1 heterocycles. The van der Waals surface area contributed by atoms with Gasteiger partial charge in [0.25, 0.3) is 0 Å². The number of hydrogen-bond acceptors (Lipinski definition) is 2. The Bertz CT molecular complexity index is 361. The van der Waals surface area contributed by atoms with Crippen molar-refractivity contribution in [3.05, 3.63) is 54.5 Å². The summed E-state index contributed by atoms with van der Waals surface area (Å²) in [4.78, 5) is 8.44. The molecule has 0 radical (unpaired) electrons. The smallest absolute Gasteiger partial charge is 0.0714 e. The van der Waals surface area contributed by atoms with Crippen LogP contribution in [0, 0.1) is 0 Å². The topological polar surface area (TPSA) is 25.2 Å². The predicted molar refractivity (Wildman–Crippen MR) is 60.4 cm³/mol. The van der Waals surface area contributed by atoms with Gasteiger partial charge in [-0.2, -0.15) is 0 Å². The van der Waals surface area contributed by atoms with E-state index in [0.717, 1.165) is 17.0 Å². The minimum absolute atomic E-state index is 0.855. The van der Waals surface area contributed by atoms with Crippen molar-refractivity contribution in [2.75, 3.05) is 0 Å². The maximum Gasteiger partial charge on any atom is 0.0714 e. The van der Waals surface area contributed by atoms with Crippen LogP contribution in [-0.4, -0.2) is 10.7 Å². The molecule has 1 rings (SSSR count). The van der Waals surface area contributed by atoms with Gasteiger partial charge in [-0.15, -0.1) is 0 Å². The Labute approximate surface area is 84.7 Å². The molecule has 0 aliphatic heterocycles. The van der Waals surface area contributed by atoms with Crippen molar-refractivity contribution in [1.82, 2.24) is 4.98 Å². The number of aromatic nitrogens is 1. The summed E-state index contributed by atoms with van der Waals surface area (Å²) in [5.74, 6) is 0. The number of hydrogen-bond donors (Lipinski definition) is 0. The van der Waals surface area contributed by atoms with Crippen molar-refractivity contribution in [3.8, 4) is 0 Å². The van der Waals surface area contributed by atoms with Crippen LogP contribution >= 0.6 is 0 Å². The molecular formula is C12H14N2. The third-order valence-corrected chi connectivity index (χ3v) is 1.87. The van der Waals surface area contributed by atoms with Crippen molar-refractivity contribution in [2.45, 2.75) is 13.8 Å². The first-order valence-electron chi connectivity index (χ1n) is 4.52. The van der Waals surface area contributed by atoms with E-state index in [0.29, 0.717) is 0 Å². The lowest BCUT2D eigenvalue weighted by molar-refractivity contribution is 1.27. The minimum atomic E-state index is 0.855. The van der Waals surface area contributed by atoms with Gasteiger partial charge >= 0.3 is 0 Å². The van der Waals surface area contributed by atoms with Gasteiger partial charge in [-0.25, -0.2) is 0 Å². The average Bonchev–Trinajstić information content (AvgIpc) is 2.26. The Morgan fingerprint density at radius 3 is 2.86 bits per heavy atom. The minimum Gasteiger partial charge on any atom is -0.264 e. The highest BCUT2D eigenvalue weighted by atomic mass is 14.7. The van der Waals surface area contributed by atoms with Gasteiger partial charge in [0, 0.05) is 23.7 Å². The zero-order chi connectivity index (χ0) is 10.4. The monoisotopic (exact) mass is 186 g/mol. The summed E-state index contributed by atoms with van der Waals surface area (Å²) in [6, 6.07) is 3.86. The maximum absolute atomic E-state index is 4.40. The van der Waals surface area contributed by atoms with E-state index in [1.54, 1.807) is 18.5 Å². The van der Waals surface area contributed by atoms with E-state index < -0.39 is 0 Å². The third kappa shape index (κ3) is 2.66. The summed E-state index contributed by atoms with van der Waals surface area (Å²) in [5.41, 5.74) is 2.82. The molecule has 0 bridgehead atoms. The summed E-state index contributed by atoms with van der Waals surface area (Å²) in [7, 11) is 0. The van der Waals surface area contributed by atoms with E-state index in [9.17, 15) is 0 Å². The van der Waals surface area contributed by atoms with Crippen LogP contribution in [0.15, 0.2) is 53.9 Å². The lowest BCUT2D eigenvalue weighted by atomic mass is 10.2. The van der Waals surface area contributed by atoms with Crippen molar-refractivity contribution in [2.24, 2.45) is 4.99 Å².